The summed E-state index contributed by atoms with van der Waals surface area (Å²) in [5.41, 5.74) is -1.46. The average molecular weight is 648 g/mol. The molecule has 0 saturated carbocycles. The van der Waals surface area contributed by atoms with Gasteiger partial charge in [-0.1, -0.05) is 12.0 Å². The number of pyridine rings is 1. The third-order valence-corrected chi connectivity index (χ3v) is 9.63. The summed E-state index contributed by atoms with van der Waals surface area (Å²) >= 11 is 0. The molecule has 12 heteroatoms. The van der Waals surface area contributed by atoms with Crippen molar-refractivity contribution in [3.63, 3.8) is 0 Å². The van der Waals surface area contributed by atoms with Crippen LogP contribution in [-0.2, 0) is 4.74 Å². The molecule has 3 fully saturated rings. The normalized spacial score (nSPS) is 24.5. The van der Waals surface area contributed by atoms with E-state index in [0.717, 1.165) is 19.4 Å². The predicted octanol–water partition coefficient (Wildman–Crippen LogP) is 5.39. The van der Waals surface area contributed by atoms with Crippen LogP contribution in [0.1, 0.15) is 44.6 Å². The van der Waals surface area contributed by atoms with Crippen LogP contribution in [0.2, 0.25) is 0 Å². The van der Waals surface area contributed by atoms with Gasteiger partial charge in [0.25, 0.3) is 0 Å². The molecule has 7 rings (SSSR count). The van der Waals surface area contributed by atoms with E-state index in [9.17, 15) is 13.9 Å². The first kappa shape index (κ1) is 31.4. The zero-order chi connectivity index (χ0) is 32.9. The SMILES string of the molecule is C#Cc1c(F)ccc2cc(OCOC)cc(-c3ncc4c(N5CCC[C@@](C)(O)C5)nc(OC[C@@]56CCCN5C[C@H](F)C6)nc4c3F)c12. The number of fused-ring (bicyclic) bond motifs is 3. The topological polar surface area (TPSA) is 93.1 Å². The zero-order valence-corrected chi connectivity index (χ0v) is 26.4. The summed E-state index contributed by atoms with van der Waals surface area (Å²) in [6.45, 7) is 3.83. The summed E-state index contributed by atoms with van der Waals surface area (Å²) in [5.74, 6) is 1.70. The minimum Gasteiger partial charge on any atom is -0.468 e. The molecular weight excluding hydrogens is 611 g/mol. The Balaban J connectivity index is 1.39. The quantitative estimate of drug-likeness (QED) is 0.200. The second kappa shape index (κ2) is 12.1. The average Bonchev–Trinajstić information content (AvgIpc) is 3.57. The van der Waals surface area contributed by atoms with Gasteiger partial charge in [0, 0.05) is 50.3 Å². The lowest BCUT2D eigenvalue weighted by Gasteiger charge is -2.38. The van der Waals surface area contributed by atoms with Gasteiger partial charge in [-0.3, -0.25) is 9.88 Å². The van der Waals surface area contributed by atoms with Crippen molar-refractivity contribution in [1.82, 2.24) is 19.9 Å². The molecule has 0 aliphatic carbocycles. The Morgan fingerprint density at radius 1 is 1.13 bits per heavy atom. The number of alkyl halides is 1. The Morgan fingerprint density at radius 2 is 1.96 bits per heavy atom. The van der Waals surface area contributed by atoms with Crippen LogP contribution in [0.4, 0.5) is 19.0 Å². The molecule has 2 aromatic carbocycles. The number of piperidine rings is 1. The number of methoxy groups -OCH3 is 1. The number of terminal acetylenes is 1. The molecule has 0 bridgehead atoms. The third-order valence-electron chi connectivity index (χ3n) is 9.63. The molecular formula is C35H36F3N5O4. The third kappa shape index (κ3) is 5.70. The van der Waals surface area contributed by atoms with Gasteiger partial charge in [0.15, 0.2) is 12.6 Å². The van der Waals surface area contributed by atoms with Crippen molar-refractivity contribution in [2.24, 2.45) is 0 Å². The maximum Gasteiger partial charge on any atom is 0.319 e. The summed E-state index contributed by atoms with van der Waals surface area (Å²) in [6, 6.07) is 5.94. The first-order valence-corrected chi connectivity index (χ1v) is 15.8. The predicted molar refractivity (Wildman–Crippen MR) is 171 cm³/mol. The lowest BCUT2D eigenvalue weighted by molar-refractivity contribution is 0.0447. The number of rotatable bonds is 8. The summed E-state index contributed by atoms with van der Waals surface area (Å²) in [5, 5.41) is 12.1. The van der Waals surface area contributed by atoms with Gasteiger partial charge in [0.2, 0.25) is 0 Å². The van der Waals surface area contributed by atoms with E-state index in [1.807, 2.05) is 4.90 Å². The maximum atomic E-state index is 16.9. The van der Waals surface area contributed by atoms with E-state index in [1.54, 1.807) is 25.1 Å². The van der Waals surface area contributed by atoms with Crippen molar-refractivity contribution in [3.8, 4) is 35.4 Å². The first-order chi connectivity index (χ1) is 22.6. The number of aliphatic hydroxyl groups is 1. The molecule has 3 aliphatic heterocycles. The van der Waals surface area contributed by atoms with Crippen LogP contribution in [0.3, 0.4) is 0 Å². The minimum atomic E-state index is -0.983. The lowest BCUT2D eigenvalue weighted by Crippen LogP contribution is -2.46. The molecule has 0 spiro atoms. The Morgan fingerprint density at radius 3 is 2.74 bits per heavy atom. The van der Waals surface area contributed by atoms with Crippen LogP contribution >= 0.6 is 0 Å². The number of hydrogen-bond donors (Lipinski definition) is 1. The number of aromatic nitrogens is 3. The molecule has 47 heavy (non-hydrogen) atoms. The van der Waals surface area contributed by atoms with Gasteiger partial charge < -0.3 is 24.2 Å². The van der Waals surface area contributed by atoms with Crippen LogP contribution in [0.5, 0.6) is 11.8 Å². The van der Waals surface area contributed by atoms with E-state index < -0.39 is 28.9 Å². The second-order valence-corrected chi connectivity index (χ2v) is 13.1. The van der Waals surface area contributed by atoms with Gasteiger partial charge in [-0.05, 0) is 62.7 Å². The van der Waals surface area contributed by atoms with Crippen molar-refractivity contribution in [1.29, 1.82) is 0 Å². The smallest absolute Gasteiger partial charge is 0.319 e. The molecule has 0 unspecified atom stereocenters. The Bertz CT molecular complexity index is 1900. The number of halogens is 3. The summed E-state index contributed by atoms with van der Waals surface area (Å²) in [6.07, 6.45) is 9.65. The van der Waals surface area contributed by atoms with Crippen molar-refractivity contribution >= 4 is 27.5 Å². The van der Waals surface area contributed by atoms with E-state index in [4.69, 9.17) is 25.6 Å². The van der Waals surface area contributed by atoms with Gasteiger partial charge in [0.05, 0.1) is 22.1 Å². The van der Waals surface area contributed by atoms with Crippen molar-refractivity contribution < 1.29 is 32.5 Å². The fraction of sp³-hybridized carbons (Fsp3) is 0.457. The fourth-order valence-electron chi connectivity index (χ4n) is 7.51. The molecule has 9 nitrogen and oxygen atoms in total. The number of benzene rings is 2. The lowest BCUT2D eigenvalue weighted by atomic mass is 9.94. The zero-order valence-electron chi connectivity index (χ0n) is 26.4. The number of β-amino-alcohol motifs (C(OH)–C–C–N with tert-alkyl or cyclic N) is 1. The molecule has 246 valence electrons. The summed E-state index contributed by atoms with van der Waals surface area (Å²) < 4.78 is 63.4. The van der Waals surface area contributed by atoms with Crippen molar-refractivity contribution in [2.45, 2.75) is 56.3 Å². The standard InChI is InChI=1S/C35H36F3N5O4/c1-4-24-27(37)8-7-21-13-23(47-20-45-3)14-25(28(21)24)30-29(38)31-26(16-39-30)32(42-11-5-9-34(2,44)18-42)41-33(40-31)46-19-35-10-6-12-43(35)17-22(36)15-35/h1,7-8,13-14,16,22,44H,5-6,9-12,15,17-20H2,2-3H3/t22-,34-,35+/m1/s1. The highest BCUT2D eigenvalue weighted by atomic mass is 19.1. The van der Waals surface area contributed by atoms with Crippen LogP contribution in [-0.4, -0.2) is 89.0 Å². The molecule has 3 saturated heterocycles. The Kier molecular flexibility index (Phi) is 8.10. The number of ether oxygens (including phenoxy) is 3. The van der Waals surface area contributed by atoms with Gasteiger partial charge in [-0.15, -0.1) is 6.42 Å². The summed E-state index contributed by atoms with van der Waals surface area (Å²) in [4.78, 5) is 17.8. The van der Waals surface area contributed by atoms with Gasteiger partial charge >= 0.3 is 6.01 Å². The van der Waals surface area contributed by atoms with Crippen molar-refractivity contribution in [3.05, 3.63) is 47.7 Å². The van der Waals surface area contributed by atoms with Gasteiger partial charge in [0.1, 0.15) is 41.4 Å². The van der Waals surface area contributed by atoms with E-state index in [2.05, 4.69) is 20.8 Å². The van der Waals surface area contributed by atoms with Crippen LogP contribution < -0.4 is 14.4 Å². The Hall–Kier alpha value is -4.18. The van der Waals surface area contributed by atoms with E-state index in [1.165, 1.54) is 19.4 Å². The van der Waals surface area contributed by atoms with Gasteiger partial charge in [-0.2, -0.15) is 9.97 Å². The highest BCUT2D eigenvalue weighted by Gasteiger charge is 2.49. The molecule has 3 atom stereocenters. The largest absolute Gasteiger partial charge is 0.468 e. The fourth-order valence-corrected chi connectivity index (χ4v) is 7.51. The van der Waals surface area contributed by atoms with Crippen molar-refractivity contribution in [2.75, 3.05) is 51.6 Å². The maximum absolute atomic E-state index is 16.9. The Labute approximate surface area is 270 Å². The van der Waals surface area contributed by atoms with Crippen LogP contribution in [0, 0.1) is 24.0 Å². The molecule has 1 N–H and O–H groups in total. The number of nitrogens with zero attached hydrogens (tertiary/aromatic N) is 5. The molecule has 0 radical (unpaired) electrons. The summed E-state index contributed by atoms with van der Waals surface area (Å²) in [7, 11) is 1.48. The van der Waals surface area contributed by atoms with Crippen LogP contribution in [0.25, 0.3) is 32.9 Å². The van der Waals surface area contributed by atoms with Crippen LogP contribution in [0.15, 0.2) is 30.5 Å². The minimum absolute atomic E-state index is 0.0388. The first-order valence-electron chi connectivity index (χ1n) is 15.8. The molecule has 0 amide bonds. The molecule has 4 aromatic rings. The van der Waals surface area contributed by atoms with E-state index in [0.29, 0.717) is 60.1 Å². The molecule has 5 heterocycles. The monoisotopic (exact) mass is 647 g/mol. The highest BCUT2D eigenvalue weighted by Crippen LogP contribution is 2.42. The number of anilines is 1. The highest BCUT2D eigenvalue weighted by molar-refractivity contribution is 6.03. The molecule has 3 aliphatic rings. The van der Waals surface area contributed by atoms with E-state index >= 15 is 4.39 Å². The number of hydrogen-bond acceptors (Lipinski definition) is 9. The second-order valence-electron chi connectivity index (χ2n) is 13.1. The molecule has 2 aromatic heterocycles. The van der Waals surface area contributed by atoms with E-state index in [-0.39, 0.29) is 48.3 Å². The van der Waals surface area contributed by atoms with Gasteiger partial charge in [-0.25, -0.2) is 13.2 Å².